The van der Waals surface area contributed by atoms with Crippen molar-refractivity contribution in [3.05, 3.63) is 52.8 Å². The van der Waals surface area contributed by atoms with Crippen molar-refractivity contribution in [3.8, 4) is 11.6 Å². The lowest BCUT2D eigenvalue weighted by molar-refractivity contribution is -0.384. The Labute approximate surface area is 145 Å². The van der Waals surface area contributed by atoms with E-state index < -0.39 is 4.92 Å². The third-order valence-corrected chi connectivity index (χ3v) is 4.04. The molecule has 1 amide bonds. The highest BCUT2D eigenvalue weighted by molar-refractivity contribution is 7.99. The fourth-order valence-electron chi connectivity index (χ4n) is 1.94. The molecule has 0 bridgehead atoms. The number of hydrogen-bond donors (Lipinski definition) is 2. The molecule has 3 aromatic rings. The minimum Gasteiger partial charge on any atom is -0.461 e. The van der Waals surface area contributed by atoms with Gasteiger partial charge in [-0.25, -0.2) is 4.68 Å². The Morgan fingerprint density at radius 1 is 1.32 bits per heavy atom. The molecule has 0 saturated heterocycles. The number of hydrogen-bond acceptors (Lipinski definition) is 8. The van der Waals surface area contributed by atoms with Crippen molar-refractivity contribution < 1.29 is 14.1 Å². The SMILES string of the molecule is Nn1c(SCC(=O)Nc2ccc([N+](=O)[O-])cc2)nnc1-c1ccco1. The fourth-order valence-corrected chi connectivity index (χ4v) is 2.60. The standard InChI is InChI=1S/C14H12N6O4S/c15-19-13(11-2-1-7-24-11)17-18-14(19)25-8-12(21)16-9-3-5-10(6-4-9)20(22)23/h1-7H,8,15H2,(H,16,21). The number of thioether (sulfide) groups is 1. The molecule has 0 aliphatic carbocycles. The van der Waals surface area contributed by atoms with Crippen LogP contribution in [0.1, 0.15) is 0 Å². The molecule has 2 heterocycles. The predicted octanol–water partition coefficient (Wildman–Crippen LogP) is 1.89. The number of nitrogens with zero attached hydrogens (tertiary/aromatic N) is 4. The van der Waals surface area contributed by atoms with E-state index in [1.54, 1.807) is 12.1 Å². The third kappa shape index (κ3) is 3.77. The summed E-state index contributed by atoms with van der Waals surface area (Å²) < 4.78 is 6.44. The first-order chi connectivity index (χ1) is 12.0. The van der Waals surface area contributed by atoms with Gasteiger partial charge in [0, 0.05) is 17.8 Å². The van der Waals surface area contributed by atoms with Crippen LogP contribution in [0.4, 0.5) is 11.4 Å². The maximum absolute atomic E-state index is 12.0. The fraction of sp³-hybridized carbons (Fsp3) is 0.0714. The van der Waals surface area contributed by atoms with Crippen LogP contribution in [0, 0.1) is 10.1 Å². The molecule has 2 aromatic heterocycles. The van der Waals surface area contributed by atoms with Gasteiger partial charge in [-0.1, -0.05) is 11.8 Å². The van der Waals surface area contributed by atoms with Crippen molar-refractivity contribution in [2.24, 2.45) is 0 Å². The summed E-state index contributed by atoms with van der Waals surface area (Å²) in [5.74, 6) is 6.46. The average molecular weight is 360 g/mol. The summed E-state index contributed by atoms with van der Waals surface area (Å²) in [6, 6.07) is 8.95. The number of benzene rings is 1. The number of non-ortho nitro benzene ring substituents is 1. The van der Waals surface area contributed by atoms with Gasteiger partial charge in [0.25, 0.3) is 5.69 Å². The van der Waals surface area contributed by atoms with E-state index >= 15 is 0 Å². The van der Waals surface area contributed by atoms with Crippen molar-refractivity contribution in [2.75, 3.05) is 16.9 Å². The molecule has 3 N–H and O–H groups in total. The Bertz CT molecular complexity index is 891. The number of aromatic nitrogens is 3. The number of carbonyl (C=O) groups is 1. The van der Waals surface area contributed by atoms with Gasteiger partial charge in [-0.15, -0.1) is 10.2 Å². The van der Waals surface area contributed by atoms with Crippen LogP contribution < -0.4 is 11.2 Å². The Morgan fingerprint density at radius 2 is 2.08 bits per heavy atom. The van der Waals surface area contributed by atoms with Crippen LogP contribution in [-0.4, -0.2) is 31.5 Å². The first-order valence-electron chi connectivity index (χ1n) is 6.96. The zero-order valence-electron chi connectivity index (χ0n) is 12.7. The number of nitrogen functional groups attached to an aromatic ring is 1. The van der Waals surface area contributed by atoms with Crippen molar-refractivity contribution in [3.63, 3.8) is 0 Å². The van der Waals surface area contributed by atoms with Gasteiger partial charge in [-0.2, -0.15) is 0 Å². The maximum atomic E-state index is 12.0. The molecule has 10 nitrogen and oxygen atoms in total. The van der Waals surface area contributed by atoms with Crippen molar-refractivity contribution in [1.29, 1.82) is 0 Å². The van der Waals surface area contributed by atoms with Gasteiger partial charge in [0.2, 0.25) is 16.9 Å². The van der Waals surface area contributed by atoms with Crippen LogP contribution in [0.5, 0.6) is 0 Å². The molecular weight excluding hydrogens is 348 g/mol. The molecule has 1 aromatic carbocycles. The Morgan fingerprint density at radius 3 is 2.72 bits per heavy atom. The lowest BCUT2D eigenvalue weighted by atomic mass is 10.3. The quantitative estimate of drug-likeness (QED) is 0.294. The van der Waals surface area contributed by atoms with E-state index in [0.29, 0.717) is 22.4 Å². The largest absolute Gasteiger partial charge is 0.461 e. The van der Waals surface area contributed by atoms with E-state index in [4.69, 9.17) is 10.3 Å². The van der Waals surface area contributed by atoms with E-state index in [-0.39, 0.29) is 17.3 Å². The summed E-state index contributed by atoms with van der Waals surface area (Å²) in [6.45, 7) is 0. The molecule has 11 heteroatoms. The normalized spacial score (nSPS) is 10.6. The molecule has 128 valence electrons. The Kier molecular flexibility index (Phi) is 4.66. The summed E-state index contributed by atoms with van der Waals surface area (Å²) in [4.78, 5) is 22.1. The molecule has 25 heavy (non-hydrogen) atoms. The summed E-state index contributed by atoms with van der Waals surface area (Å²) in [5, 5.41) is 21.4. The van der Waals surface area contributed by atoms with Gasteiger partial charge >= 0.3 is 0 Å². The summed E-state index contributed by atoms with van der Waals surface area (Å²) in [7, 11) is 0. The van der Waals surface area contributed by atoms with E-state index in [0.717, 1.165) is 11.8 Å². The van der Waals surface area contributed by atoms with Gasteiger partial charge in [0.1, 0.15) is 0 Å². The number of amides is 1. The molecule has 0 aliphatic heterocycles. The minimum absolute atomic E-state index is 0.0461. The van der Waals surface area contributed by atoms with Crippen LogP contribution in [-0.2, 0) is 4.79 Å². The van der Waals surface area contributed by atoms with E-state index in [9.17, 15) is 14.9 Å². The Balaban J connectivity index is 1.58. The summed E-state index contributed by atoms with van der Waals surface area (Å²) in [5.41, 5.74) is 0.413. The summed E-state index contributed by atoms with van der Waals surface area (Å²) >= 11 is 1.10. The molecule has 0 saturated carbocycles. The molecule has 0 unspecified atom stereocenters. The molecule has 0 spiro atoms. The molecule has 0 fully saturated rings. The zero-order chi connectivity index (χ0) is 17.8. The lowest BCUT2D eigenvalue weighted by Gasteiger charge is -2.05. The van der Waals surface area contributed by atoms with Crippen LogP contribution in [0.25, 0.3) is 11.6 Å². The zero-order valence-corrected chi connectivity index (χ0v) is 13.5. The molecular formula is C14H12N6O4S. The maximum Gasteiger partial charge on any atom is 0.269 e. The predicted molar refractivity (Wildman–Crippen MR) is 90.3 cm³/mol. The van der Waals surface area contributed by atoms with Crippen molar-refractivity contribution >= 4 is 29.0 Å². The highest BCUT2D eigenvalue weighted by Crippen LogP contribution is 2.22. The van der Waals surface area contributed by atoms with Crippen molar-refractivity contribution in [1.82, 2.24) is 14.9 Å². The number of nitro groups is 1. The number of anilines is 1. The number of nitro benzene ring substituents is 1. The smallest absolute Gasteiger partial charge is 0.269 e. The number of nitrogens with one attached hydrogen (secondary N) is 1. The second-order valence-electron chi connectivity index (χ2n) is 4.79. The van der Waals surface area contributed by atoms with Crippen LogP contribution >= 0.6 is 11.8 Å². The van der Waals surface area contributed by atoms with Crippen LogP contribution in [0.2, 0.25) is 0 Å². The van der Waals surface area contributed by atoms with E-state index in [2.05, 4.69) is 15.5 Å². The van der Waals surface area contributed by atoms with Gasteiger partial charge in [0.15, 0.2) is 5.76 Å². The van der Waals surface area contributed by atoms with Crippen molar-refractivity contribution in [2.45, 2.75) is 5.16 Å². The monoisotopic (exact) mass is 360 g/mol. The van der Waals surface area contributed by atoms with E-state index in [1.807, 2.05) is 0 Å². The molecule has 3 rings (SSSR count). The highest BCUT2D eigenvalue weighted by atomic mass is 32.2. The number of carbonyl (C=O) groups excluding carboxylic acids is 1. The highest BCUT2D eigenvalue weighted by Gasteiger charge is 2.15. The summed E-state index contributed by atoms with van der Waals surface area (Å²) in [6.07, 6.45) is 1.49. The Hall–Kier alpha value is -3.34. The second kappa shape index (κ2) is 7.05. The first-order valence-corrected chi connectivity index (χ1v) is 7.94. The van der Waals surface area contributed by atoms with Gasteiger partial charge in [-0.05, 0) is 24.3 Å². The van der Waals surface area contributed by atoms with Crippen LogP contribution in [0.3, 0.4) is 0 Å². The average Bonchev–Trinajstić information content (AvgIpc) is 3.23. The van der Waals surface area contributed by atoms with Gasteiger partial charge in [0.05, 0.1) is 16.9 Å². The van der Waals surface area contributed by atoms with Gasteiger partial charge < -0.3 is 15.6 Å². The number of furan rings is 1. The molecule has 0 atom stereocenters. The minimum atomic E-state index is -0.508. The van der Waals surface area contributed by atoms with Gasteiger partial charge in [-0.3, -0.25) is 14.9 Å². The first kappa shape index (κ1) is 16.5. The number of rotatable bonds is 6. The topological polar surface area (TPSA) is 142 Å². The van der Waals surface area contributed by atoms with E-state index in [1.165, 1.54) is 35.2 Å². The molecule has 0 aliphatic rings. The molecule has 0 radical (unpaired) electrons. The van der Waals surface area contributed by atoms with Crippen LogP contribution in [0.15, 0.2) is 52.2 Å². The third-order valence-electron chi connectivity index (χ3n) is 3.10. The number of nitrogens with two attached hydrogens (primary N) is 1. The second-order valence-corrected chi connectivity index (χ2v) is 5.74. The lowest BCUT2D eigenvalue weighted by Crippen LogP contribution is -2.16.